The van der Waals surface area contributed by atoms with E-state index in [1.165, 1.54) is 28.7 Å². The van der Waals surface area contributed by atoms with Gasteiger partial charge in [0.05, 0.1) is 11.4 Å². The predicted octanol–water partition coefficient (Wildman–Crippen LogP) is 5.26. The maximum atomic E-state index is 12.2. The molecule has 26 heavy (non-hydrogen) atoms. The molecule has 0 saturated carbocycles. The lowest BCUT2D eigenvalue weighted by Gasteiger charge is -2.06. The molecule has 1 heterocycles. The third-order valence-electron chi connectivity index (χ3n) is 3.82. The van der Waals surface area contributed by atoms with E-state index in [0.29, 0.717) is 9.71 Å². The Balaban J connectivity index is 1.65. The van der Waals surface area contributed by atoms with Crippen LogP contribution in [0.15, 0.2) is 52.9 Å². The van der Waals surface area contributed by atoms with Crippen molar-refractivity contribution in [3.63, 3.8) is 0 Å². The van der Waals surface area contributed by atoms with Gasteiger partial charge in [0.1, 0.15) is 0 Å². The summed E-state index contributed by atoms with van der Waals surface area (Å²) in [7, 11) is 0. The molecule has 0 spiro atoms. The third kappa shape index (κ3) is 4.60. The average molecular weight is 402 g/mol. The van der Waals surface area contributed by atoms with Crippen molar-refractivity contribution >= 4 is 46.9 Å². The Morgan fingerprint density at radius 3 is 2.85 bits per heavy atom. The highest BCUT2D eigenvalue weighted by Gasteiger charge is 2.10. The zero-order valence-corrected chi connectivity index (χ0v) is 17.0. The van der Waals surface area contributed by atoms with Crippen molar-refractivity contribution in [3.05, 3.63) is 63.6 Å². The van der Waals surface area contributed by atoms with Gasteiger partial charge in [0, 0.05) is 5.69 Å². The van der Waals surface area contributed by atoms with E-state index in [0.717, 1.165) is 27.7 Å². The summed E-state index contributed by atoms with van der Waals surface area (Å²) < 4.78 is 3.23. The molecule has 0 bridgehead atoms. The molecule has 3 aromatic rings. The van der Waals surface area contributed by atoms with Crippen LogP contribution in [0.4, 0.5) is 5.69 Å². The van der Waals surface area contributed by atoms with Crippen LogP contribution in [0.3, 0.4) is 0 Å². The number of carbonyl (C=O) groups excluding carboxylic acids is 1. The number of amides is 1. The fourth-order valence-electron chi connectivity index (χ4n) is 2.47. The number of anilines is 1. The normalized spacial score (nSPS) is 10.7. The number of hydrogen-bond donors (Lipinski definition) is 1. The zero-order valence-electron chi connectivity index (χ0n) is 14.6. The first-order valence-corrected chi connectivity index (χ1v) is 10.5. The molecule has 0 saturated heterocycles. The molecule has 7 heteroatoms. The predicted molar refractivity (Wildman–Crippen MR) is 112 cm³/mol. The van der Waals surface area contributed by atoms with E-state index in [1.807, 2.05) is 49.4 Å². The van der Waals surface area contributed by atoms with Gasteiger partial charge in [0.25, 0.3) is 0 Å². The SMILES string of the molecule is CCc1cccc(NC(=O)CSc2nn(-c3ccccc3C)c(=S)s2)c1. The van der Waals surface area contributed by atoms with Gasteiger partial charge >= 0.3 is 0 Å². The average Bonchev–Trinajstić information content (AvgIpc) is 3.01. The lowest BCUT2D eigenvalue weighted by atomic mass is 10.1. The number of benzene rings is 2. The molecule has 0 fully saturated rings. The van der Waals surface area contributed by atoms with E-state index in [4.69, 9.17) is 12.2 Å². The molecular formula is C19H19N3OS3. The highest BCUT2D eigenvalue weighted by Crippen LogP contribution is 2.25. The number of thioether (sulfide) groups is 1. The number of nitrogens with zero attached hydrogens (tertiary/aromatic N) is 2. The minimum Gasteiger partial charge on any atom is -0.325 e. The number of nitrogens with one attached hydrogen (secondary N) is 1. The molecule has 0 aliphatic carbocycles. The highest BCUT2D eigenvalue weighted by molar-refractivity contribution is 8.01. The number of aryl methyl sites for hydroxylation is 2. The van der Waals surface area contributed by atoms with Crippen molar-refractivity contribution in [1.29, 1.82) is 0 Å². The van der Waals surface area contributed by atoms with Gasteiger partial charge < -0.3 is 5.32 Å². The van der Waals surface area contributed by atoms with Crippen molar-refractivity contribution in [2.24, 2.45) is 0 Å². The van der Waals surface area contributed by atoms with Crippen LogP contribution in [-0.2, 0) is 11.2 Å². The summed E-state index contributed by atoms with van der Waals surface area (Å²) in [4.78, 5) is 12.2. The van der Waals surface area contributed by atoms with Gasteiger partial charge in [-0.2, -0.15) is 0 Å². The molecule has 1 amide bonds. The van der Waals surface area contributed by atoms with Gasteiger partial charge in [0.2, 0.25) is 5.91 Å². The molecule has 134 valence electrons. The Bertz CT molecular complexity index is 978. The highest BCUT2D eigenvalue weighted by atomic mass is 32.2. The first kappa shape index (κ1) is 18.8. The van der Waals surface area contributed by atoms with Crippen molar-refractivity contribution in [2.45, 2.75) is 24.6 Å². The topological polar surface area (TPSA) is 46.9 Å². The van der Waals surface area contributed by atoms with Crippen molar-refractivity contribution in [1.82, 2.24) is 9.78 Å². The summed E-state index contributed by atoms with van der Waals surface area (Å²) in [6, 6.07) is 15.9. The van der Waals surface area contributed by atoms with Crippen LogP contribution in [0.2, 0.25) is 0 Å². The van der Waals surface area contributed by atoms with Gasteiger partial charge in [-0.05, 0) is 54.9 Å². The summed E-state index contributed by atoms with van der Waals surface area (Å²) in [5.41, 5.74) is 4.11. The quantitative estimate of drug-likeness (QED) is 0.452. The van der Waals surface area contributed by atoms with E-state index in [9.17, 15) is 4.79 Å². The van der Waals surface area contributed by atoms with E-state index in [2.05, 4.69) is 23.4 Å². The van der Waals surface area contributed by atoms with Crippen molar-refractivity contribution in [2.75, 3.05) is 11.1 Å². The maximum Gasteiger partial charge on any atom is 0.234 e. The Morgan fingerprint density at radius 1 is 1.27 bits per heavy atom. The first-order valence-electron chi connectivity index (χ1n) is 8.24. The summed E-state index contributed by atoms with van der Waals surface area (Å²) in [6.07, 6.45) is 0.943. The monoisotopic (exact) mass is 401 g/mol. The van der Waals surface area contributed by atoms with Crippen LogP contribution in [0.1, 0.15) is 18.1 Å². The zero-order chi connectivity index (χ0) is 18.5. The molecule has 3 rings (SSSR count). The summed E-state index contributed by atoms with van der Waals surface area (Å²) in [6.45, 7) is 4.12. The lowest BCUT2D eigenvalue weighted by Crippen LogP contribution is -2.14. The molecule has 1 aromatic heterocycles. The molecule has 2 aromatic carbocycles. The standard InChI is InChI=1S/C19H19N3OS3/c1-3-14-8-6-9-15(11-14)20-17(23)12-25-18-21-22(19(24)26-18)16-10-5-4-7-13(16)2/h4-11H,3,12H2,1-2H3,(H,20,23). The number of aromatic nitrogens is 2. The van der Waals surface area contributed by atoms with Crippen molar-refractivity contribution in [3.8, 4) is 5.69 Å². The van der Waals surface area contributed by atoms with Gasteiger partial charge in [-0.15, -0.1) is 5.10 Å². The second kappa shape index (κ2) is 8.62. The summed E-state index contributed by atoms with van der Waals surface area (Å²) >= 11 is 8.26. The second-order valence-corrected chi connectivity index (χ2v) is 8.57. The molecule has 1 N–H and O–H groups in total. The third-order valence-corrected chi connectivity index (χ3v) is 6.18. The number of hydrogen-bond acceptors (Lipinski definition) is 5. The maximum absolute atomic E-state index is 12.2. The number of carbonyl (C=O) groups is 1. The van der Waals surface area contributed by atoms with Crippen LogP contribution in [0.25, 0.3) is 5.69 Å². The Morgan fingerprint density at radius 2 is 2.08 bits per heavy atom. The number of rotatable bonds is 6. The smallest absolute Gasteiger partial charge is 0.234 e. The van der Waals surface area contributed by atoms with E-state index >= 15 is 0 Å². The minimum atomic E-state index is -0.0492. The van der Waals surface area contributed by atoms with E-state index in [1.54, 1.807) is 4.68 Å². The molecule has 0 aliphatic rings. The largest absolute Gasteiger partial charge is 0.325 e. The molecule has 0 atom stereocenters. The lowest BCUT2D eigenvalue weighted by molar-refractivity contribution is -0.113. The molecule has 0 aliphatic heterocycles. The Hall–Kier alpha value is -1.96. The molecule has 0 unspecified atom stereocenters. The fourth-order valence-corrected chi connectivity index (χ4v) is 4.61. The van der Waals surface area contributed by atoms with E-state index < -0.39 is 0 Å². The van der Waals surface area contributed by atoms with Crippen molar-refractivity contribution < 1.29 is 4.79 Å². The Labute approximate surface area is 166 Å². The molecule has 4 nitrogen and oxygen atoms in total. The first-order chi connectivity index (χ1) is 12.6. The summed E-state index contributed by atoms with van der Waals surface area (Å²) in [5, 5.41) is 7.49. The van der Waals surface area contributed by atoms with Gasteiger partial charge in [-0.1, -0.05) is 60.4 Å². The second-order valence-electron chi connectivity index (χ2n) is 5.72. The van der Waals surface area contributed by atoms with Gasteiger partial charge in [0.15, 0.2) is 8.29 Å². The minimum absolute atomic E-state index is 0.0492. The van der Waals surface area contributed by atoms with Crippen LogP contribution < -0.4 is 5.32 Å². The van der Waals surface area contributed by atoms with Gasteiger partial charge in [-0.25, -0.2) is 4.68 Å². The van der Waals surface area contributed by atoms with Crippen LogP contribution in [-0.4, -0.2) is 21.4 Å². The number of para-hydroxylation sites is 1. The van der Waals surface area contributed by atoms with Crippen LogP contribution >= 0.6 is 35.3 Å². The fraction of sp³-hybridized carbons (Fsp3) is 0.211. The Kier molecular flexibility index (Phi) is 6.24. The van der Waals surface area contributed by atoms with Crippen LogP contribution in [0.5, 0.6) is 0 Å². The molecular weight excluding hydrogens is 382 g/mol. The summed E-state index contributed by atoms with van der Waals surface area (Å²) in [5.74, 6) is 0.249. The molecule has 0 radical (unpaired) electrons. The van der Waals surface area contributed by atoms with Gasteiger partial charge in [-0.3, -0.25) is 4.79 Å². The van der Waals surface area contributed by atoms with Crippen LogP contribution in [0, 0.1) is 10.9 Å². The van der Waals surface area contributed by atoms with E-state index in [-0.39, 0.29) is 5.91 Å².